The molecular formula is C13H19NO4. The van der Waals surface area contributed by atoms with E-state index in [1.165, 1.54) is 0 Å². The summed E-state index contributed by atoms with van der Waals surface area (Å²) in [6.45, 7) is 2.65. The van der Waals surface area contributed by atoms with Crippen molar-refractivity contribution in [3.63, 3.8) is 0 Å². The van der Waals surface area contributed by atoms with Gasteiger partial charge in [-0.25, -0.2) is 0 Å². The van der Waals surface area contributed by atoms with Gasteiger partial charge in [0.15, 0.2) is 6.29 Å². The number of hydrogen-bond acceptors (Lipinski definition) is 5. The number of methoxy groups -OCH3 is 2. The van der Waals surface area contributed by atoms with Gasteiger partial charge in [-0.1, -0.05) is 0 Å². The summed E-state index contributed by atoms with van der Waals surface area (Å²) >= 11 is 0. The Bertz CT molecular complexity index is 374. The molecule has 2 rings (SSSR count). The van der Waals surface area contributed by atoms with Crippen molar-refractivity contribution < 1.29 is 19.3 Å². The maximum atomic E-state index is 9.45. The van der Waals surface area contributed by atoms with Gasteiger partial charge < -0.3 is 19.3 Å². The monoisotopic (exact) mass is 253 g/mol. The van der Waals surface area contributed by atoms with E-state index < -0.39 is 6.29 Å². The first-order chi connectivity index (χ1) is 8.71. The van der Waals surface area contributed by atoms with Crippen LogP contribution in [-0.4, -0.2) is 50.2 Å². The van der Waals surface area contributed by atoms with Crippen LogP contribution < -0.4 is 9.47 Å². The predicted octanol–water partition coefficient (Wildman–Crippen LogP) is 0.854. The Labute approximate surface area is 107 Å². The molecule has 1 aliphatic rings. The van der Waals surface area contributed by atoms with Gasteiger partial charge in [-0.05, 0) is 17.7 Å². The summed E-state index contributed by atoms with van der Waals surface area (Å²) in [6.07, 6.45) is -0.689. The topological polar surface area (TPSA) is 51.2 Å². The molecule has 0 spiro atoms. The van der Waals surface area contributed by atoms with Gasteiger partial charge in [0.1, 0.15) is 11.5 Å². The minimum atomic E-state index is -0.689. The summed E-state index contributed by atoms with van der Waals surface area (Å²) in [6, 6.07) is 5.80. The van der Waals surface area contributed by atoms with Gasteiger partial charge in [0.05, 0.1) is 20.8 Å². The molecule has 1 heterocycles. The van der Waals surface area contributed by atoms with Crippen LogP contribution in [0.5, 0.6) is 11.5 Å². The molecule has 5 heteroatoms. The van der Waals surface area contributed by atoms with Crippen molar-refractivity contribution in [1.82, 2.24) is 4.90 Å². The van der Waals surface area contributed by atoms with Crippen LogP contribution in [-0.2, 0) is 11.3 Å². The van der Waals surface area contributed by atoms with Crippen molar-refractivity contribution >= 4 is 0 Å². The first-order valence-electron chi connectivity index (χ1n) is 5.95. The fourth-order valence-corrected chi connectivity index (χ4v) is 2.04. The molecule has 1 atom stereocenters. The maximum absolute atomic E-state index is 9.45. The van der Waals surface area contributed by atoms with Crippen LogP contribution in [0.3, 0.4) is 0 Å². The summed E-state index contributed by atoms with van der Waals surface area (Å²) in [5.41, 5.74) is 1.10. The van der Waals surface area contributed by atoms with Gasteiger partial charge in [0, 0.05) is 25.7 Å². The molecule has 1 N–H and O–H groups in total. The molecule has 1 saturated heterocycles. The molecule has 100 valence electrons. The van der Waals surface area contributed by atoms with Gasteiger partial charge in [-0.15, -0.1) is 0 Å². The van der Waals surface area contributed by atoms with Gasteiger partial charge in [-0.2, -0.15) is 0 Å². The van der Waals surface area contributed by atoms with Crippen LogP contribution in [0.15, 0.2) is 18.2 Å². The van der Waals surface area contributed by atoms with E-state index in [4.69, 9.17) is 14.2 Å². The molecule has 18 heavy (non-hydrogen) atoms. The Kier molecular flexibility index (Phi) is 4.41. The van der Waals surface area contributed by atoms with Crippen molar-refractivity contribution in [3.05, 3.63) is 23.8 Å². The highest BCUT2D eigenvalue weighted by atomic mass is 16.6. The van der Waals surface area contributed by atoms with Crippen molar-refractivity contribution in [1.29, 1.82) is 0 Å². The van der Waals surface area contributed by atoms with Gasteiger partial charge >= 0.3 is 0 Å². The van der Waals surface area contributed by atoms with E-state index in [9.17, 15) is 5.11 Å². The second-order valence-corrected chi connectivity index (χ2v) is 4.28. The van der Waals surface area contributed by atoms with E-state index in [0.29, 0.717) is 13.2 Å². The molecule has 1 aromatic rings. The highest BCUT2D eigenvalue weighted by molar-refractivity contribution is 5.38. The van der Waals surface area contributed by atoms with Crippen LogP contribution in [0.2, 0.25) is 0 Å². The second-order valence-electron chi connectivity index (χ2n) is 4.28. The number of hydrogen-bond donors (Lipinski definition) is 1. The number of morpholine rings is 1. The van der Waals surface area contributed by atoms with Crippen molar-refractivity contribution in [2.45, 2.75) is 12.8 Å². The molecule has 0 bridgehead atoms. The number of aliphatic hydroxyl groups excluding tert-OH is 1. The molecule has 0 radical (unpaired) electrons. The summed E-state index contributed by atoms with van der Waals surface area (Å²) in [7, 11) is 3.27. The first kappa shape index (κ1) is 13.1. The summed E-state index contributed by atoms with van der Waals surface area (Å²) in [5, 5.41) is 9.45. The van der Waals surface area contributed by atoms with Crippen LogP contribution in [0.1, 0.15) is 5.56 Å². The Morgan fingerprint density at radius 2 is 1.94 bits per heavy atom. The molecule has 1 unspecified atom stereocenters. The number of rotatable bonds is 4. The van der Waals surface area contributed by atoms with Crippen molar-refractivity contribution in [2.24, 2.45) is 0 Å². The smallest absolute Gasteiger partial charge is 0.167 e. The van der Waals surface area contributed by atoms with Crippen molar-refractivity contribution in [3.8, 4) is 11.5 Å². The Balaban J connectivity index is 2.07. The normalized spacial score (nSPS) is 20.7. The summed E-state index contributed by atoms with van der Waals surface area (Å²) < 4.78 is 15.6. The van der Waals surface area contributed by atoms with Crippen molar-refractivity contribution in [2.75, 3.05) is 33.9 Å². The third-order valence-corrected chi connectivity index (χ3v) is 2.95. The molecule has 0 saturated carbocycles. The highest BCUT2D eigenvalue weighted by Crippen LogP contribution is 2.23. The lowest BCUT2D eigenvalue weighted by molar-refractivity contribution is -0.147. The average molecular weight is 253 g/mol. The molecule has 0 aromatic heterocycles. The molecule has 0 amide bonds. The zero-order valence-electron chi connectivity index (χ0n) is 10.8. The van der Waals surface area contributed by atoms with Gasteiger partial charge in [0.2, 0.25) is 0 Å². The average Bonchev–Trinajstić information content (AvgIpc) is 2.38. The van der Waals surface area contributed by atoms with E-state index in [0.717, 1.165) is 30.2 Å². The standard InChI is InChI=1S/C13H19NO4/c1-16-11-5-10(6-12(7-11)17-2)8-14-3-4-18-13(15)9-14/h5-7,13,15H,3-4,8-9H2,1-2H3. The Morgan fingerprint density at radius 3 is 2.50 bits per heavy atom. The molecule has 1 aliphatic heterocycles. The van der Waals surface area contributed by atoms with Crippen LogP contribution in [0, 0.1) is 0 Å². The zero-order valence-corrected chi connectivity index (χ0v) is 10.8. The molecule has 1 fully saturated rings. The maximum Gasteiger partial charge on any atom is 0.167 e. The summed E-state index contributed by atoms with van der Waals surface area (Å²) in [5.74, 6) is 1.55. The molecule has 5 nitrogen and oxygen atoms in total. The number of nitrogens with zero attached hydrogens (tertiary/aromatic N) is 1. The van der Waals surface area contributed by atoms with E-state index in [2.05, 4.69) is 4.90 Å². The number of aliphatic hydroxyl groups is 1. The third-order valence-electron chi connectivity index (χ3n) is 2.95. The fourth-order valence-electron chi connectivity index (χ4n) is 2.04. The molecular weight excluding hydrogens is 234 g/mol. The Morgan fingerprint density at radius 1 is 1.28 bits per heavy atom. The molecule has 1 aromatic carbocycles. The fraction of sp³-hybridized carbons (Fsp3) is 0.538. The minimum absolute atomic E-state index is 0.527. The first-order valence-corrected chi connectivity index (χ1v) is 5.95. The third kappa shape index (κ3) is 3.35. The van der Waals surface area contributed by atoms with Gasteiger partial charge in [0.25, 0.3) is 0 Å². The quantitative estimate of drug-likeness (QED) is 0.862. The summed E-state index contributed by atoms with van der Waals surface area (Å²) in [4.78, 5) is 2.14. The van der Waals surface area contributed by atoms with Crippen LogP contribution in [0.25, 0.3) is 0 Å². The number of ether oxygens (including phenoxy) is 3. The second kappa shape index (κ2) is 6.04. The zero-order chi connectivity index (χ0) is 13.0. The van der Waals surface area contributed by atoms with Gasteiger partial charge in [-0.3, -0.25) is 4.90 Å². The SMILES string of the molecule is COc1cc(CN2CCOC(O)C2)cc(OC)c1. The number of β-amino-alcohol motifs (C(OH)–C–C–N with tert-alkyl or cyclic N) is 1. The molecule has 0 aliphatic carbocycles. The minimum Gasteiger partial charge on any atom is -0.497 e. The Hall–Kier alpha value is -1.30. The van der Waals surface area contributed by atoms with E-state index >= 15 is 0 Å². The van der Waals surface area contributed by atoms with E-state index in [-0.39, 0.29) is 0 Å². The van der Waals surface area contributed by atoms with Crippen LogP contribution in [0.4, 0.5) is 0 Å². The number of benzene rings is 1. The van der Waals surface area contributed by atoms with E-state index in [1.54, 1.807) is 14.2 Å². The highest BCUT2D eigenvalue weighted by Gasteiger charge is 2.18. The lowest BCUT2D eigenvalue weighted by atomic mass is 10.2. The lowest BCUT2D eigenvalue weighted by Crippen LogP contribution is -2.41. The van der Waals surface area contributed by atoms with Crippen LogP contribution >= 0.6 is 0 Å². The largest absolute Gasteiger partial charge is 0.497 e. The predicted molar refractivity (Wildman–Crippen MR) is 66.8 cm³/mol. The lowest BCUT2D eigenvalue weighted by Gasteiger charge is -2.30. The van der Waals surface area contributed by atoms with E-state index in [1.807, 2.05) is 18.2 Å².